The molecule has 1 aliphatic carbocycles. The maximum atomic E-state index is 13.6. The van der Waals surface area contributed by atoms with E-state index in [-0.39, 0.29) is 65.3 Å². The third kappa shape index (κ3) is 6.49. The van der Waals surface area contributed by atoms with E-state index in [1.807, 2.05) is 19.9 Å². The first-order valence-corrected chi connectivity index (χ1v) is 15.1. The number of ether oxygens (including phenoxy) is 1. The second kappa shape index (κ2) is 12.8. The van der Waals surface area contributed by atoms with Gasteiger partial charge in [0.25, 0.3) is 0 Å². The lowest BCUT2D eigenvalue weighted by Gasteiger charge is -2.38. The van der Waals surface area contributed by atoms with E-state index < -0.39 is 22.7 Å². The summed E-state index contributed by atoms with van der Waals surface area (Å²) in [5, 5.41) is 63.8. The Kier molecular flexibility index (Phi) is 9.08. The van der Waals surface area contributed by atoms with E-state index in [1.54, 1.807) is 30.3 Å². The van der Waals surface area contributed by atoms with Crippen molar-refractivity contribution in [3.05, 3.63) is 75.4 Å². The quantitative estimate of drug-likeness (QED) is 0.132. The Balaban J connectivity index is 1.57. The second-order valence-electron chi connectivity index (χ2n) is 12.4. The number of aromatic hydroxyl groups is 4. The first kappa shape index (κ1) is 31.2. The summed E-state index contributed by atoms with van der Waals surface area (Å²) in [5.74, 6) is -1.32. The molecule has 1 aliphatic rings. The van der Waals surface area contributed by atoms with Crippen LogP contribution in [0.1, 0.15) is 62.6 Å². The summed E-state index contributed by atoms with van der Waals surface area (Å²) < 4.78 is 12.0. The number of phenolic OH excluding ortho intramolecular Hbond substituents is 3. The number of phenols is 3. The van der Waals surface area contributed by atoms with Crippen molar-refractivity contribution in [3.8, 4) is 40.1 Å². The van der Waals surface area contributed by atoms with E-state index in [1.165, 1.54) is 12.1 Å². The van der Waals surface area contributed by atoms with Crippen LogP contribution < -0.4 is 10.2 Å². The van der Waals surface area contributed by atoms with Crippen molar-refractivity contribution in [2.45, 2.75) is 64.4 Å². The van der Waals surface area contributed by atoms with Gasteiger partial charge in [0, 0.05) is 30.0 Å². The maximum Gasteiger partial charge on any atom is 0.238 e. The predicted octanol–water partition coefficient (Wildman–Crippen LogP) is 5.75. The minimum absolute atomic E-state index is 0.0252. The summed E-state index contributed by atoms with van der Waals surface area (Å²) in [6, 6.07) is 12.5. The molecule has 0 amide bonds. The van der Waals surface area contributed by atoms with Crippen molar-refractivity contribution < 1.29 is 39.8 Å². The lowest BCUT2D eigenvalue weighted by molar-refractivity contribution is -0.0794. The van der Waals surface area contributed by atoms with Crippen molar-refractivity contribution in [2.24, 2.45) is 11.8 Å². The molecular formula is C35H40O9. The van der Waals surface area contributed by atoms with E-state index >= 15 is 0 Å². The van der Waals surface area contributed by atoms with Gasteiger partial charge in [0.05, 0.1) is 18.8 Å². The van der Waals surface area contributed by atoms with Crippen LogP contribution in [0.4, 0.5) is 0 Å². The van der Waals surface area contributed by atoms with Gasteiger partial charge in [-0.05, 0) is 66.1 Å². The van der Waals surface area contributed by atoms with Gasteiger partial charge in [-0.15, -0.1) is 0 Å². The van der Waals surface area contributed by atoms with Crippen molar-refractivity contribution in [3.63, 3.8) is 0 Å². The van der Waals surface area contributed by atoms with E-state index in [9.17, 15) is 35.4 Å². The van der Waals surface area contributed by atoms with E-state index in [4.69, 9.17) is 9.15 Å². The molecule has 0 unspecified atom stereocenters. The number of aliphatic hydroxyl groups excluding tert-OH is 1. The minimum atomic E-state index is -1.09. The van der Waals surface area contributed by atoms with Crippen LogP contribution in [-0.4, -0.2) is 49.5 Å². The van der Waals surface area contributed by atoms with Crippen molar-refractivity contribution >= 4 is 11.0 Å². The molecule has 1 aromatic heterocycles. The van der Waals surface area contributed by atoms with E-state index in [0.29, 0.717) is 36.0 Å². The van der Waals surface area contributed by atoms with Crippen LogP contribution in [0, 0.1) is 11.8 Å². The molecule has 1 heterocycles. The summed E-state index contributed by atoms with van der Waals surface area (Å²) in [6.45, 7) is 3.59. The zero-order valence-corrected chi connectivity index (χ0v) is 25.0. The first-order chi connectivity index (χ1) is 21.0. The van der Waals surface area contributed by atoms with Gasteiger partial charge in [0.2, 0.25) is 11.2 Å². The Morgan fingerprint density at radius 1 is 0.909 bits per heavy atom. The molecule has 0 bridgehead atoms. The van der Waals surface area contributed by atoms with Crippen molar-refractivity contribution in [1.29, 1.82) is 0 Å². The molecule has 234 valence electrons. The summed E-state index contributed by atoms with van der Waals surface area (Å²) in [4.78, 5) is 13.6. The molecule has 0 spiro atoms. The molecule has 0 aliphatic heterocycles. The van der Waals surface area contributed by atoms with Gasteiger partial charge in [-0.3, -0.25) is 4.79 Å². The van der Waals surface area contributed by atoms with Gasteiger partial charge in [-0.2, -0.15) is 0 Å². The molecule has 9 heteroatoms. The fourth-order valence-electron chi connectivity index (χ4n) is 6.22. The SMILES string of the molecule is CC(C)Cc1cc(-c2oc3cc(O)cc(OC[C@H](CO)C4(O)CCCCC4)c3c(=O)c2O)cc(Cc2cccc(O)c2)c1O. The van der Waals surface area contributed by atoms with Gasteiger partial charge in [-0.25, -0.2) is 0 Å². The third-order valence-corrected chi connectivity index (χ3v) is 8.52. The molecule has 6 N–H and O–H groups in total. The molecule has 9 nitrogen and oxygen atoms in total. The Bertz CT molecular complexity index is 1700. The molecule has 1 atom stereocenters. The minimum Gasteiger partial charge on any atom is -0.508 e. The molecule has 44 heavy (non-hydrogen) atoms. The predicted molar refractivity (Wildman–Crippen MR) is 166 cm³/mol. The topological polar surface area (TPSA) is 161 Å². The standard InChI is InChI=1S/C35H40O9/c1-20(2)11-22-14-24(15-23(31(22)39)12-21-7-6-8-26(37)13-21)34-33(41)32(40)30-28(16-27(38)17-29(30)44-34)43-19-25(18-36)35(42)9-4-3-5-10-35/h6-8,13-17,20,25,36-39,41-42H,3-5,9-12,18-19H2,1-2H3/t25-/m0/s1. The van der Waals surface area contributed by atoms with Crippen LogP contribution >= 0.6 is 0 Å². The fourth-order valence-corrected chi connectivity index (χ4v) is 6.22. The summed E-state index contributed by atoms with van der Waals surface area (Å²) >= 11 is 0. The maximum absolute atomic E-state index is 13.6. The van der Waals surface area contributed by atoms with Crippen molar-refractivity contribution in [1.82, 2.24) is 0 Å². The number of aliphatic hydroxyl groups is 2. The Morgan fingerprint density at radius 3 is 2.32 bits per heavy atom. The second-order valence-corrected chi connectivity index (χ2v) is 12.4. The number of hydrogen-bond donors (Lipinski definition) is 6. The van der Waals surface area contributed by atoms with Gasteiger partial charge in [0.15, 0.2) is 5.76 Å². The fraction of sp³-hybridized carbons (Fsp3) is 0.400. The van der Waals surface area contributed by atoms with Gasteiger partial charge in [-0.1, -0.05) is 45.2 Å². The van der Waals surface area contributed by atoms with E-state index in [2.05, 4.69) is 0 Å². The van der Waals surface area contributed by atoms with Gasteiger partial charge < -0.3 is 39.8 Å². The zero-order valence-electron chi connectivity index (χ0n) is 25.0. The van der Waals surface area contributed by atoms with Crippen LogP contribution in [0.2, 0.25) is 0 Å². The molecule has 0 radical (unpaired) electrons. The highest BCUT2D eigenvalue weighted by molar-refractivity contribution is 5.88. The Hall–Kier alpha value is -4.21. The molecule has 4 aromatic rings. The molecule has 5 rings (SSSR count). The smallest absolute Gasteiger partial charge is 0.238 e. The molecule has 3 aromatic carbocycles. The lowest BCUT2D eigenvalue weighted by Crippen LogP contribution is -2.44. The highest BCUT2D eigenvalue weighted by atomic mass is 16.5. The van der Waals surface area contributed by atoms with Crippen LogP contribution in [0.25, 0.3) is 22.3 Å². The Labute approximate surface area is 255 Å². The van der Waals surface area contributed by atoms with E-state index in [0.717, 1.165) is 24.8 Å². The molecule has 1 fully saturated rings. The first-order valence-electron chi connectivity index (χ1n) is 15.1. The highest BCUT2D eigenvalue weighted by Crippen LogP contribution is 2.40. The number of rotatable bonds is 10. The average Bonchev–Trinajstić information content (AvgIpc) is 2.97. The summed E-state index contributed by atoms with van der Waals surface area (Å²) in [5.41, 5.74) is 0.331. The third-order valence-electron chi connectivity index (χ3n) is 8.52. The summed E-state index contributed by atoms with van der Waals surface area (Å²) in [7, 11) is 0. The van der Waals surface area contributed by atoms with Crippen LogP contribution in [0.3, 0.4) is 0 Å². The number of fused-ring (bicyclic) bond motifs is 1. The lowest BCUT2D eigenvalue weighted by atomic mass is 9.76. The molecule has 0 saturated heterocycles. The van der Waals surface area contributed by atoms with Crippen LogP contribution in [-0.2, 0) is 12.8 Å². The Morgan fingerprint density at radius 2 is 1.64 bits per heavy atom. The summed E-state index contributed by atoms with van der Waals surface area (Å²) in [6.07, 6.45) is 4.55. The average molecular weight is 605 g/mol. The molecule has 1 saturated carbocycles. The zero-order chi connectivity index (χ0) is 31.6. The number of hydrogen-bond acceptors (Lipinski definition) is 9. The van der Waals surface area contributed by atoms with Crippen LogP contribution in [0.15, 0.2) is 57.7 Å². The van der Waals surface area contributed by atoms with Gasteiger partial charge >= 0.3 is 0 Å². The van der Waals surface area contributed by atoms with Crippen LogP contribution in [0.5, 0.6) is 28.7 Å². The molecular weight excluding hydrogens is 564 g/mol. The van der Waals surface area contributed by atoms with Gasteiger partial charge in [0.1, 0.15) is 34.0 Å². The highest BCUT2D eigenvalue weighted by Gasteiger charge is 2.38. The number of benzene rings is 3. The normalized spacial score (nSPS) is 15.5. The largest absolute Gasteiger partial charge is 0.508 e. The monoisotopic (exact) mass is 604 g/mol. The van der Waals surface area contributed by atoms with Crippen molar-refractivity contribution in [2.75, 3.05) is 13.2 Å².